The fourth-order valence-electron chi connectivity index (χ4n) is 2.68. The van der Waals surface area contributed by atoms with E-state index in [2.05, 4.69) is 22.1 Å². The van der Waals surface area contributed by atoms with Crippen molar-refractivity contribution < 1.29 is 14.3 Å². The molecular weight excluding hydrogens is 376 g/mol. The van der Waals surface area contributed by atoms with E-state index in [1.807, 2.05) is 42.5 Å². The molecule has 1 heterocycles. The molecule has 0 fully saturated rings. The fourth-order valence-corrected chi connectivity index (χ4v) is 2.68. The van der Waals surface area contributed by atoms with Gasteiger partial charge in [0.25, 0.3) is 0 Å². The summed E-state index contributed by atoms with van der Waals surface area (Å²) >= 11 is 0. The molecule has 0 bridgehead atoms. The van der Waals surface area contributed by atoms with Crippen LogP contribution in [0.3, 0.4) is 0 Å². The van der Waals surface area contributed by atoms with Gasteiger partial charge >= 0.3 is 0 Å². The van der Waals surface area contributed by atoms with Crippen molar-refractivity contribution in [2.75, 3.05) is 11.9 Å². The first kappa shape index (κ1) is 20.8. The van der Waals surface area contributed by atoms with Crippen LogP contribution in [0.5, 0.6) is 5.75 Å². The molecule has 3 rings (SSSR count). The van der Waals surface area contributed by atoms with Gasteiger partial charge in [-0.2, -0.15) is 0 Å². The van der Waals surface area contributed by atoms with Crippen LogP contribution in [0, 0.1) is 11.8 Å². The van der Waals surface area contributed by atoms with Gasteiger partial charge in [0.1, 0.15) is 11.4 Å². The second-order valence-electron chi connectivity index (χ2n) is 6.63. The zero-order chi connectivity index (χ0) is 21.2. The summed E-state index contributed by atoms with van der Waals surface area (Å²) in [5.41, 5.74) is 2.85. The van der Waals surface area contributed by atoms with Crippen LogP contribution in [-0.2, 0) is 4.79 Å². The van der Waals surface area contributed by atoms with E-state index in [0.29, 0.717) is 42.1 Å². The molecule has 1 N–H and O–H groups in total. The average Bonchev–Trinajstić information content (AvgIpc) is 2.76. The Labute approximate surface area is 176 Å². The van der Waals surface area contributed by atoms with E-state index in [-0.39, 0.29) is 11.7 Å². The van der Waals surface area contributed by atoms with Crippen molar-refractivity contribution >= 4 is 17.4 Å². The minimum absolute atomic E-state index is 0.0185. The second kappa shape index (κ2) is 10.6. The molecule has 2 aromatic carbocycles. The Kier molecular flexibility index (Phi) is 7.34. The zero-order valence-electron chi connectivity index (χ0n) is 16.7. The topological polar surface area (TPSA) is 68.3 Å². The van der Waals surface area contributed by atoms with Gasteiger partial charge in [-0.1, -0.05) is 18.1 Å². The minimum atomic E-state index is -0.0830. The molecule has 150 valence electrons. The summed E-state index contributed by atoms with van der Waals surface area (Å²) < 4.78 is 5.62. The second-order valence-corrected chi connectivity index (χ2v) is 6.63. The number of aromatic nitrogens is 1. The van der Waals surface area contributed by atoms with Crippen molar-refractivity contribution in [2.24, 2.45) is 0 Å². The molecule has 3 aromatic rings. The highest BCUT2D eigenvalue weighted by atomic mass is 16.5. The Morgan fingerprint density at radius 3 is 2.57 bits per heavy atom. The summed E-state index contributed by atoms with van der Waals surface area (Å²) in [5.74, 6) is 6.67. The number of hydrogen-bond acceptors (Lipinski definition) is 4. The van der Waals surface area contributed by atoms with Gasteiger partial charge in [0.05, 0.1) is 6.61 Å². The van der Waals surface area contributed by atoms with Gasteiger partial charge in [-0.25, -0.2) is 4.98 Å². The number of nitrogens with one attached hydrogen (secondary N) is 1. The van der Waals surface area contributed by atoms with E-state index in [1.165, 1.54) is 6.92 Å². The Bertz CT molecular complexity index is 1060. The van der Waals surface area contributed by atoms with E-state index in [0.717, 1.165) is 5.56 Å². The molecule has 0 radical (unpaired) electrons. The van der Waals surface area contributed by atoms with Crippen molar-refractivity contribution in [3.05, 3.63) is 89.7 Å². The summed E-state index contributed by atoms with van der Waals surface area (Å²) in [6.07, 6.45) is 2.63. The van der Waals surface area contributed by atoms with Gasteiger partial charge < -0.3 is 10.1 Å². The number of rotatable bonds is 7. The maximum absolute atomic E-state index is 12.2. The number of benzene rings is 2. The predicted molar refractivity (Wildman–Crippen MR) is 116 cm³/mol. The zero-order valence-corrected chi connectivity index (χ0v) is 16.7. The quantitative estimate of drug-likeness (QED) is 0.362. The first-order valence-corrected chi connectivity index (χ1v) is 9.67. The molecule has 0 atom stereocenters. The van der Waals surface area contributed by atoms with E-state index in [1.54, 1.807) is 30.5 Å². The SMILES string of the molecule is CC(=O)c1ccc(OCCCC(=O)Nc2cccc(C#Cc3ccccn3)c2)cc1. The minimum Gasteiger partial charge on any atom is -0.494 e. The molecule has 1 amide bonds. The van der Waals surface area contributed by atoms with E-state index in [9.17, 15) is 9.59 Å². The summed E-state index contributed by atoms with van der Waals surface area (Å²) in [6.45, 7) is 1.94. The molecule has 30 heavy (non-hydrogen) atoms. The molecule has 0 aliphatic carbocycles. The standard InChI is InChI=1S/C25H22N2O3/c1-19(28)21-11-14-24(15-12-21)30-17-5-9-25(29)27-23-8-4-6-20(18-23)10-13-22-7-2-3-16-26-22/h2-4,6-8,11-12,14-16,18H,5,9,17H2,1H3,(H,27,29). The van der Waals surface area contributed by atoms with Crippen LogP contribution in [0.25, 0.3) is 0 Å². The lowest BCUT2D eigenvalue weighted by Gasteiger charge is -2.08. The molecule has 5 heteroatoms. The summed E-state index contributed by atoms with van der Waals surface area (Å²) in [6, 6.07) is 20.0. The van der Waals surface area contributed by atoms with Crippen LogP contribution in [0.4, 0.5) is 5.69 Å². The lowest BCUT2D eigenvalue weighted by Crippen LogP contribution is -2.12. The smallest absolute Gasteiger partial charge is 0.224 e. The number of carbonyl (C=O) groups is 2. The third-order valence-corrected chi connectivity index (χ3v) is 4.22. The highest BCUT2D eigenvalue weighted by Gasteiger charge is 2.04. The van der Waals surface area contributed by atoms with Crippen molar-refractivity contribution in [3.8, 4) is 17.6 Å². The van der Waals surface area contributed by atoms with Crippen molar-refractivity contribution in [1.29, 1.82) is 0 Å². The van der Waals surface area contributed by atoms with Crippen molar-refractivity contribution in [2.45, 2.75) is 19.8 Å². The maximum Gasteiger partial charge on any atom is 0.224 e. The fraction of sp³-hybridized carbons (Fsp3) is 0.160. The molecule has 0 spiro atoms. The number of ether oxygens (including phenoxy) is 1. The molecular formula is C25H22N2O3. The van der Waals surface area contributed by atoms with Crippen LogP contribution < -0.4 is 10.1 Å². The van der Waals surface area contributed by atoms with Crippen LogP contribution >= 0.6 is 0 Å². The number of pyridine rings is 1. The van der Waals surface area contributed by atoms with Crippen LogP contribution in [-0.4, -0.2) is 23.3 Å². The van der Waals surface area contributed by atoms with Crippen molar-refractivity contribution in [1.82, 2.24) is 4.98 Å². The molecule has 0 aliphatic heterocycles. The lowest BCUT2D eigenvalue weighted by atomic mass is 10.1. The van der Waals surface area contributed by atoms with Crippen LogP contribution in [0.2, 0.25) is 0 Å². The van der Waals surface area contributed by atoms with Gasteiger partial charge in [0.2, 0.25) is 5.91 Å². The highest BCUT2D eigenvalue weighted by Crippen LogP contribution is 2.14. The number of nitrogens with zero attached hydrogens (tertiary/aromatic N) is 1. The van der Waals surface area contributed by atoms with Gasteiger partial charge in [-0.15, -0.1) is 0 Å². The first-order valence-electron chi connectivity index (χ1n) is 9.67. The number of anilines is 1. The number of hydrogen-bond donors (Lipinski definition) is 1. The summed E-state index contributed by atoms with van der Waals surface area (Å²) in [5, 5.41) is 2.88. The largest absolute Gasteiger partial charge is 0.494 e. The normalized spacial score (nSPS) is 9.90. The monoisotopic (exact) mass is 398 g/mol. The number of ketones is 1. The van der Waals surface area contributed by atoms with E-state index in [4.69, 9.17) is 4.74 Å². The maximum atomic E-state index is 12.2. The van der Waals surface area contributed by atoms with Gasteiger partial charge in [0.15, 0.2) is 5.78 Å². The van der Waals surface area contributed by atoms with Crippen LogP contribution in [0.15, 0.2) is 72.9 Å². The molecule has 0 saturated heterocycles. The third kappa shape index (κ3) is 6.61. The summed E-state index contributed by atoms with van der Waals surface area (Å²) in [4.78, 5) is 27.6. The van der Waals surface area contributed by atoms with Crippen molar-refractivity contribution in [3.63, 3.8) is 0 Å². The highest BCUT2D eigenvalue weighted by molar-refractivity contribution is 5.94. The van der Waals surface area contributed by atoms with Gasteiger partial charge in [-0.05, 0) is 73.9 Å². The molecule has 0 unspecified atom stereocenters. The predicted octanol–water partition coefficient (Wildman–Crippen LogP) is 4.48. The lowest BCUT2D eigenvalue weighted by molar-refractivity contribution is -0.116. The average molecular weight is 398 g/mol. The number of carbonyl (C=O) groups excluding carboxylic acids is 2. The number of Topliss-reactive ketones (excluding diaryl/α,β-unsaturated/α-hetero) is 1. The third-order valence-electron chi connectivity index (χ3n) is 4.22. The Morgan fingerprint density at radius 1 is 1.00 bits per heavy atom. The Morgan fingerprint density at radius 2 is 1.83 bits per heavy atom. The van der Waals surface area contributed by atoms with Crippen LogP contribution in [0.1, 0.15) is 41.4 Å². The first-order chi connectivity index (χ1) is 14.6. The van der Waals surface area contributed by atoms with Gasteiger partial charge in [-0.3, -0.25) is 9.59 Å². The number of amides is 1. The van der Waals surface area contributed by atoms with E-state index < -0.39 is 0 Å². The molecule has 0 aliphatic rings. The van der Waals surface area contributed by atoms with E-state index >= 15 is 0 Å². The molecule has 1 aromatic heterocycles. The van der Waals surface area contributed by atoms with Gasteiger partial charge in [0, 0.05) is 29.4 Å². The summed E-state index contributed by atoms with van der Waals surface area (Å²) in [7, 11) is 0. The molecule has 5 nitrogen and oxygen atoms in total. The Balaban J connectivity index is 1.45. The molecule has 0 saturated carbocycles. The Hall–Kier alpha value is -3.91.